The number of rotatable bonds is 7. The van der Waals surface area contributed by atoms with Crippen LogP contribution < -0.4 is 4.74 Å². The standard InChI is InChI=1S/C26H20F6O2/c1-2-3-4-16-5-7-17(8-6-16)18-9-10-21(22(27)13-18)25(33)34-19-14-23(28)20(24(29)15-19)11-12-26(30,31)32/h5-15H,2-4H2,1H3. The largest absolute Gasteiger partial charge is 0.423 e. The molecule has 0 fully saturated rings. The number of hydrogen-bond acceptors (Lipinski definition) is 2. The fourth-order valence-corrected chi connectivity index (χ4v) is 3.22. The number of unbranched alkanes of at least 4 members (excludes halogenated alkanes) is 1. The average molecular weight is 478 g/mol. The van der Waals surface area contributed by atoms with Crippen molar-refractivity contribution in [2.45, 2.75) is 32.4 Å². The van der Waals surface area contributed by atoms with Gasteiger partial charge in [0, 0.05) is 23.8 Å². The van der Waals surface area contributed by atoms with Gasteiger partial charge in [0.05, 0.1) is 5.56 Å². The number of benzene rings is 3. The van der Waals surface area contributed by atoms with E-state index in [-0.39, 0.29) is 12.2 Å². The van der Waals surface area contributed by atoms with Gasteiger partial charge in [0.25, 0.3) is 0 Å². The van der Waals surface area contributed by atoms with E-state index in [1.807, 2.05) is 24.3 Å². The van der Waals surface area contributed by atoms with Gasteiger partial charge in [-0.1, -0.05) is 43.7 Å². The van der Waals surface area contributed by atoms with Crippen LogP contribution in [0.2, 0.25) is 0 Å². The fourth-order valence-electron chi connectivity index (χ4n) is 3.22. The Kier molecular flexibility index (Phi) is 7.81. The third-order valence-electron chi connectivity index (χ3n) is 5.00. The second-order valence-electron chi connectivity index (χ2n) is 7.56. The molecule has 3 aromatic rings. The van der Waals surface area contributed by atoms with Crippen LogP contribution in [-0.4, -0.2) is 12.1 Å². The van der Waals surface area contributed by atoms with E-state index in [1.54, 1.807) is 0 Å². The van der Waals surface area contributed by atoms with Gasteiger partial charge in [0.15, 0.2) is 0 Å². The lowest BCUT2D eigenvalue weighted by Crippen LogP contribution is -2.11. The molecule has 8 heteroatoms. The maximum absolute atomic E-state index is 14.6. The van der Waals surface area contributed by atoms with Crippen molar-refractivity contribution in [3.63, 3.8) is 0 Å². The van der Waals surface area contributed by atoms with Crippen LogP contribution in [0.5, 0.6) is 5.75 Å². The van der Waals surface area contributed by atoms with Crippen molar-refractivity contribution in [1.82, 2.24) is 0 Å². The van der Waals surface area contributed by atoms with E-state index < -0.39 is 46.5 Å². The highest BCUT2D eigenvalue weighted by atomic mass is 19.4. The fraction of sp³-hybridized carbons (Fsp3) is 0.192. The number of esters is 1. The molecule has 0 aliphatic carbocycles. The molecule has 3 aromatic carbocycles. The number of alkyl halides is 3. The third kappa shape index (κ3) is 6.50. The van der Waals surface area contributed by atoms with E-state index in [9.17, 15) is 31.1 Å². The van der Waals surface area contributed by atoms with Gasteiger partial charge in [-0.15, -0.1) is 0 Å². The monoisotopic (exact) mass is 478 g/mol. The van der Waals surface area contributed by atoms with Gasteiger partial charge in [0.1, 0.15) is 23.2 Å². The van der Waals surface area contributed by atoms with Crippen molar-refractivity contribution < 1.29 is 35.9 Å². The lowest BCUT2D eigenvalue weighted by molar-refractivity contribution is -0.0790. The zero-order valence-corrected chi connectivity index (χ0v) is 18.1. The number of halogens is 6. The number of ether oxygens (including phenoxy) is 1. The first kappa shape index (κ1) is 25.1. The summed E-state index contributed by atoms with van der Waals surface area (Å²) in [4.78, 5) is 12.3. The van der Waals surface area contributed by atoms with Crippen LogP contribution in [0.3, 0.4) is 0 Å². The molecule has 0 unspecified atom stereocenters. The Morgan fingerprint density at radius 1 is 0.882 bits per heavy atom. The van der Waals surface area contributed by atoms with Crippen LogP contribution in [0.25, 0.3) is 17.2 Å². The summed E-state index contributed by atoms with van der Waals surface area (Å²) in [6.45, 7) is 2.10. The molecule has 0 aliphatic heterocycles. The first-order chi connectivity index (χ1) is 16.1. The molecule has 0 aromatic heterocycles. The first-order valence-electron chi connectivity index (χ1n) is 10.4. The molecule has 0 bridgehead atoms. The van der Waals surface area contributed by atoms with Crippen LogP contribution in [0.15, 0.2) is 60.7 Å². The van der Waals surface area contributed by atoms with Gasteiger partial charge >= 0.3 is 12.1 Å². The van der Waals surface area contributed by atoms with Crippen molar-refractivity contribution in [1.29, 1.82) is 0 Å². The molecule has 0 radical (unpaired) electrons. The van der Waals surface area contributed by atoms with E-state index in [4.69, 9.17) is 4.74 Å². The Balaban J connectivity index is 1.76. The van der Waals surface area contributed by atoms with Gasteiger partial charge in [-0.05, 0) is 47.7 Å². The summed E-state index contributed by atoms with van der Waals surface area (Å²) < 4.78 is 84.2. The summed E-state index contributed by atoms with van der Waals surface area (Å²) in [5.41, 5.74) is 1.00. The summed E-state index contributed by atoms with van der Waals surface area (Å²) >= 11 is 0. The molecule has 0 saturated heterocycles. The predicted molar refractivity (Wildman–Crippen MR) is 117 cm³/mol. The first-order valence-corrected chi connectivity index (χ1v) is 10.4. The van der Waals surface area contributed by atoms with E-state index in [2.05, 4.69) is 6.92 Å². The Hall–Kier alpha value is -3.55. The SMILES string of the molecule is CCCCc1ccc(-c2ccc(C(=O)Oc3cc(F)c(C=CC(F)(F)F)c(F)c3)c(F)c2)cc1. The highest BCUT2D eigenvalue weighted by Gasteiger charge is 2.23. The maximum Gasteiger partial charge on any atom is 0.409 e. The molecular weight excluding hydrogens is 458 g/mol. The second-order valence-corrected chi connectivity index (χ2v) is 7.56. The van der Waals surface area contributed by atoms with Crippen molar-refractivity contribution in [2.75, 3.05) is 0 Å². The quantitative estimate of drug-likeness (QED) is 0.196. The van der Waals surface area contributed by atoms with Gasteiger partial charge in [0.2, 0.25) is 0 Å². The molecule has 0 N–H and O–H groups in total. The molecule has 0 saturated carbocycles. The van der Waals surface area contributed by atoms with E-state index >= 15 is 0 Å². The number of hydrogen-bond donors (Lipinski definition) is 0. The summed E-state index contributed by atoms with van der Waals surface area (Å²) in [5.74, 6) is -5.47. The van der Waals surface area contributed by atoms with E-state index in [0.29, 0.717) is 17.7 Å². The van der Waals surface area contributed by atoms with E-state index in [0.717, 1.165) is 36.5 Å². The van der Waals surface area contributed by atoms with E-state index in [1.165, 1.54) is 12.1 Å². The van der Waals surface area contributed by atoms with Crippen LogP contribution in [0.4, 0.5) is 26.3 Å². The number of allylic oxidation sites excluding steroid dienone is 1. The van der Waals surface area contributed by atoms with Crippen molar-refractivity contribution in [3.8, 4) is 16.9 Å². The van der Waals surface area contributed by atoms with Gasteiger partial charge in [-0.2, -0.15) is 13.2 Å². The summed E-state index contributed by atoms with van der Waals surface area (Å²) in [6.07, 6.45) is -1.78. The zero-order chi connectivity index (χ0) is 24.9. The Morgan fingerprint density at radius 3 is 2.06 bits per heavy atom. The molecule has 0 atom stereocenters. The molecule has 3 rings (SSSR count). The number of aryl methyl sites for hydroxylation is 1. The van der Waals surface area contributed by atoms with Crippen molar-refractivity contribution >= 4 is 12.0 Å². The van der Waals surface area contributed by atoms with Crippen LogP contribution >= 0.6 is 0 Å². The van der Waals surface area contributed by atoms with Gasteiger partial charge in [-0.3, -0.25) is 0 Å². The van der Waals surface area contributed by atoms with Crippen LogP contribution in [0, 0.1) is 17.5 Å². The summed E-state index contributed by atoms with van der Waals surface area (Å²) in [5, 5.41) is 0. The Morgan fingerprint density at radius 2 is 1.50 bits per heavy atom. The topological polar surface area (TPSA) is 26.3 Å². The summed E-state index contributed by atoms with van der Waals surface area (Å²) in [7, 11) is 0. The molecule has 178 valence electrons. The molecule has 0 spiro atoms. The highest BCUT2D eigenvalue weighted by molar-refractivity contribution is 5.92. The molecular formula is C26H20F6O2. The van der Waals surface area contributed by atoms with Crippen LogP contribution in [-0.2, 0) is 6.42 Å². The number of carbonyl (C=O) groups is 1. The molecule has 0 aliphatic rings. The lowest BCUT2D eigenvalue weighted by Gasteiger charge is -2.09. The van der Waals surface area contributed by atoms with Gasteiger partial charge in [-0.25, -0.2) is 18.0 Å². The minimum absolute atomic E-state index is 0.227. The smallest absolute Gasteiger partial charge is 0.409 e. The number of carbonyl (C=O) groups excluding carboxylic acids is 1. The third-order valence-corrected chi connectivity index (χ3v) is 5.00. The minimum atomic E-state index is -4.76. The molecule has 0 heterocycles. The molecule has 0 amide bonds. The molecule has 34 heavy (non-hydrogen) atoms. The average Bonchev–Trinajstić information content (AvgIpc) is 2.76. The normalized spacial score (nSPS) is 11.7. The minimum Gasteiger partial charge on any atom is -0.423 e. The maximum atomic E-state index is 14.6. The van der Waals surface area contributed by atoms with Crippen molar-refractivity contribution in [2.24, 2.45) is 0 Å². The van der Waals surface area contributed by atoms with Crippen LogP contribution in [0.1, 0.15) is 41.3 Å². The van der Waals surface area contributed by atoms with Crippen molar-refractivity contribution in [3.05, 3.63) is 94.8 Å². The zero-order valence-electron chi connectivity index (χ0n) is 18.1. The second kappa shape index (κ2) is 10.6. The summed E-state index contributed by atoms with van der Waals surface area (Å²) in [6, 6.07) is 12.5. The lowest BCUT2D eigenvalue weighted by atomic mass is 10.0. The Bertz CT molecular complexity index is 1170. The van der Waals surface area contributed by atoms with Gasteiger partial charge < -0.3 is 4.74 Å². The Labute approximate surface area is 192 Å². The predicted octanol–water partition coefficient (Wildman–Crippen LogP) is 7.91. The molecule has 2 nitrogen and oxygen atoms in total. The highest BCUT2D eigenvalue weighted by Crippen LogP contribution is 2.27.